The van der Waals surface area contributed by atoms with Crippen molar-refractivity contribution in [1.29, 1.82) is 0 Å². The molecule has 0 aliphatic rings. The third-order valence-electron chi connectivity index (χ3n) is 1.14. The molecule has 0 saturated carbocycles. The Morgan fingerprint density at radius 1 is 1.45 bits per heavy atom. The predicted molar refractivity (Wildman–Crippen MR) is 35.6 cm³/mol. The Kier molecular flexibility index (Phi) is 2.61. The van der Waals surface area contributed by atoms with E-state index in [-0.39, 0.29) is 0 Å². The van der Waals surface area contributed by atoms with Crippen LogP contribution in [0, 0.1) is 12.3 Å². The highest BCUT2D eigenvalue weighted by Gasteiger charge is 2.41. The van der Waals surface area contributed by atoms with Crippen LogP contribution >= 0.6 is 0 Å². The summed E-state index contributed by atoms with van der Waals surface area (Å²) in [6, 6.07) is 0. The summed E-state index contributed by atoms with van der Waals surface area (Å²) in [6.07, 6.45) is 4.20. The standard InChI is InChI=1S/C6H7NO4/c1-2-3-6(7,4(8)9)5(10)11/h1H,3,7H2,(H,8,9)(H,10,11). The maximum atomic E-state index is 10.3. The summed E-state index contributed by atoms with van der Waals surface area (Å²) >= 11 is 0. The van der Waals surface area contributed by atoms with E-state index in [1.807, 2.05) is 5.92 Å². The number of terminal acetylenes is 1. The minimum absolute atomic E-state index is 0.530. The molecule has 0 amide bonds. The largest absolute Gasteiger partial charge is 0.479 e. The summed E-state index contributed by atoms with van der Waals surface area (Å²) in [6.45, 7) is 0. The van der Waals surface area contributed by atoms with Crippen molar-refractivity contribution in [3.05, 3.63) is 0 Å². The van der Waals surface area contributed by atoms with Gasteiger partial charge in [-0.15, -0.1) is 12.3 Å². The van der Waals surface area contributed by atoms with Gasteiger partial charge in [-0.3, -0.25) is 0 Å². The quantitative estimate of drug-likeness (QED) is 0.355. The number of aliphatic carboxylic acids is 2. The van der Waals surface area contributed by atoms with E-state index < -0.39 is 23.9 Å². The first-order valence-electron chi connectivity index (χ1n) is 2.64. The van der Waals surface area contributed by atoms with Crippen molar-refractivity contribution in [3.63, 3.8) is 0 Å². The first-order valence-corrected chi connectivity index (χ1v) is 2.64. The van der Waals surface area contributed by atoms with E-state index in [1.54, 1.807) is 0 Å². The Morgan fingerprint density at radius 2 is 1.82 bits per heavy atom. The molecule has 0 aromatic heterocycles. The van der Waals surface area contributed by atoms with E-state index in [4.69, 9.17) is 22.4 Å². The van der Waals surface area contributed by atoms with Crippen LogP contribution in [0.2, 0.25) is 0 Å². The van der Waals surface area contributed by atoms with Crippen molar-refractivity contribution in [3.8, 4) is 12.3 Å². The normalized spacial score (nSPS) is 10.2. The number of carboxylic acids is 2. The van der Waals surface area contributed by atoms with E-state index in [2.05, 4.69) is 0 Å². The average Bonchev–Trinajstić information content (AvgIpc) is 1.87. The molecule has 0 spiro atoms. The molecule has 5 nitrogen and oxygen atoms in total. The molecule has 0 atom stereocenters. The first kappa shape index (κ1) is 9.46. The lowest BCUT2D eigenvalue weighted by atomic mass is 9.98. The van der Waals surface area contributed by atoms with Gasteiger partial charge in [0.1, 0.15) is 0 Å². The highest BCUT2D eigenvalue weighted by molar-refractivity contribution is 6.03. The van der Waals surface area contributed by atoms with Crippen LogP contribution in [0.5, 0.6) is 0 Å². The molecule has 0 fully saturated rings. The van der Waals surface area contributed by atoms with E-state index in [1.165, 1.54) is 0 Å². The van der Waals surface area contributed by atoms with Crippen LogP contribution in [-0.4, -0.2) is 27.7 Å². The van der Waals surface area contributed by atoms with E-state index in [0.29, 0.717) is 0 Å². The molecule has 0 rings (SSSR count). The van der Waals surface area contributed by atoms with Gasteiger partial charge in [-0.2, -0.15) is 0 Å². The summed E-state index contributed by atoms with van der Waals surface area (Å²) < 4.78 is 0. The van der Waals surface area contributed by atoms with Gasteiger partial charge in [0.05, 0.1) is 0 Å². The minimum Gasteiger partial charge on any atom is -0.479 e. The van der Waals surface area contributed by atoms with Gasteiger partial charge in [-0.1, -0.05) is 0 Å². The monoisotopic (exact) mass is 157 g/mol. The van der Waals surface area contributed by atoms with Gasteiger partial charge < -0.3 is 15.9 Å². The molecule has 0 aromatic rings. The van der Waals surface area contributed by atoms with Gasteiger partial charge in [0.25, 0.3) is 0 Å². The smallest absolute Gasteiger partial charge is 0.336 e. The second-order valence-electron chi connectivity index (χ2n) is 1.96. The lowest BCUT2D eigenvalue weighted by Gasteiger charge is -2.15. The highest BCUT2D eigenvalue weighted by atomic mass is 16.4. The summed E-state index contributed by atoms with van der Waals surface area (Å²) in [5.74, 6) is -1.39. The Morgan fingerprint density at radius 3 is 1.91 bits per heavy atom. The zero-order valence-electron chi connectivity index (χ0n) is 5.57. The Labute approximate surface area is 62.8 Å². The third-order valence-corrected chi connectivity index (χ3v) is 1.14. The van der Waals surface area contributed by atoms with E-state index in [9.17, 15) is 9.59 Å². The van der Waals surface area contributed by atoms with Gasteiger partial charge in [-0.25, -0.2) is 9.59 Å². The van der Waals surface area contributed by atoms with Crippen LogP contribution in [0.25, 0.3) is 0 Å². The fraction of sp³-hybridized carbons (Fsp3) is 0.333. The molecule has 0 aliphatic carbocycles. The Hall–Kier alpha value is -1.54. The zero-order chi connectivity index (χ0) is 9.07. The Balaban J connectivity index is 4.70. The SMILES string of the molecule is C#CCC(N)(C(=O)O)C(=O)O. The highest BCUT2D eigenvalue weighted by Crippen LogP contribution is 2.05. The fourth-order valence-corrected chi connectivity index (χ4v) is 0.404. The summed E-state index contributed by atoms with van der Waals surface area (Å²) in [4.78, 5) is 20.5. The minimum atomic E-state index is -2.35. The number of hydrogen-bond donors (Lipinski definition) is 3. The van der Waals surface area contributed by atoms with Crippen LogP contribution in [0.3, 0.4) is 0 Å². The molecule has 5 heteroatoms. The second kappa shape index (κ2) is 3.03. The van der Waals surface area contributed by atoms with Gasteiger partial charge in [0.15, 0.2) is 0 Å². The molecule has 11 heavy (non-hydrogen) atoms. The molecule has 0 aromatic carbocycles. The van der Waals surface area contributed by atoms with Gasteiger partial charge in [-0.05, 0) is 0 Å². The third kappa shape index (κ3) is 1.69. The predicted octanol–water partition coefficient (Wildman–Crippen LogP) is -1.12. The van der Waals surface area contributed by atoms with Crippen molar-refractivity contribution in [1.82, 2.24) is 0 Å². The Bertz CT molecular complexity index is 213. The summed E-state index contributed by atoms with van der Waals surface area (Å²) in [5, 5.41) is 16.7. The topological polar surface area (TPSA) is 101 Å². The van der Waals surface area contributed by atoms with Crippen LogP contribution in [-0.2, 0) is 9.59 Å². The van der Waals surface area contributed by atoms with Gasteiger partial charge in [0.2, 0.25) is 5.54 Å². The molecule has 0 aliphatic heterocycles. The van der Waals surface area contributed by atoms with Gasteiger partial charge in [0, 0.05) is 6.42 Å². The molecular weight excluding hydrogens is 150 g/mol. The van der Waals surface area contributed by atoms with Crippen molar-refractivity contribution in [2.24, 2.45) is 5.73 Å². The molecule has 0 bridgehead atoms. The van der Waals surface area contributed by atoms with Crippen LogP contribution in [0.1, 0.15) is 6.42 Å². The maximum Gasteiger partial charge on any atom is 0.336 e. The summed E-state index contributed by atoms with van der Waals surface area (Å²) in [5.41, 5.74) is 2.60. The van der Waals surface area contributed by atoms with Crippen LogP contribution in [0.15, 0.2) is 0 Å². The maximum absolute atomic E-state index is 10.3. The van der Waals surface area contributed by atoms with E-state index >= 15 is 0 Å². The number of nitrogens with two attached hydrogens (primary N) is 1. The number of hydrogen-bond acceptors (Lipinski definition) is 3. The molecule has 4 N–H and O–H groups in total. The lowest BCUT2D eigenvalue weighted by molar-refractivity contribution is -0.156. The average molecular weight is 157 g/mol. The lowest BCUT2D eigenvalue weighted by Crippen LogP contribution is -2.54. The van der Waals surface area contributed by atoms with Crippen molar-refractivity contribution < 1.29 is 19.8 Å². The summed E-state index contributed by atoms with van der Waals surface area (Å²) in [7, 11) is 0. The molecule has 0 unspecified atom stereocenters. The van der Waals surface area contributed by atoms with Gasteiger partial charge >= 0.3 is 11.9 Å². The number of rotatable bonds is 3. The van der Waals surface area contributed by atoms with Crippen LogP contribution < -0.4 is 5.73 Å². The van der Waals surface area contributed by atoms with Crippen molar-refractivity contribution >= 4 is 11.9 Å². The fourth-order valence-electron chi connectivity index (χ4n) is 0.404. The van der Waals surface area contributed by atoms with Crippen molar-refractivity contribution in [2.75, 3.05) is 0 Å². The molecular formula is C6H7NO4. The first-order chi connectivity index (χ1) is 4.95. The number of carbonyl (C=O) groups is 2. The van der Waals surface area contributed by atoms with Crippen molar-refractivity contribution in [2.45, 2.75) is 12.0 Å². The molecule has 60 valence electrons. The number of carboxylic acid groups (broad SMARTS) is 2. The molecule has 0 radical (unpaired) electrons. The second-order valence-corrected chi connectivity index (χ2v) is 1.96. The van der Waals surface area contributed by atoms with Crippen LogP contribution in [0.4, 0.5) is 0 Å². The zero-order valence-corrected chi connectivity index (χ0v) is 5.57. The molecule has 0 heterocycles. The van der Waals surface area contributed by atoms with E-state index in [0.717, 1.165) is 0 Å². The molecule has 0 saturated heterocycles.